The molecule has 0 aliphatic rings. The van der Waals surface area contributed by atoms with E-state index in [1.807, 2.05) is 5.32 Å². The number of benzene rings is 1. The van der Waals surface area contributed by atoms with Crippen LogP contribution in [0.5, 0.6) is 5.75 Å². The van der Waals surface area contributed by atoms with Gasteiger partial charge in [-0.3, -0.25) is 4.79 Å². The molecule has 0 bridgehead atoms. The fourth-order valence-electron chi connectivity index (χ4n) is 2.49. The van der Waals surface area contributed by atoms with Crippen LogP contribution in [0.3, 0.4) is 0 Å². The van der Waals surface area contributed by atoms with Crippen LogP contribution in [0.15, 0.2) is 0 Å². The number of methoxy groups -OCH3 is 2. The molecule has 7 nitrogen and oxygen atoms in total. The first-order chi connectivity index (χ1) is 14.1. The monoisotopic (exact) mass is 449 g/mol. The Labute approximate surface area is 171 Å². The van der Waals surface area contributed by atoms with E-state index in [0.29, 0.717) is 11.3 Å². The van der Waals surface area contributed by atoms with Crippen molar-refractivity contribution in [3.8, 4) is 5.75 Å². The van der Waals surface area contributed by atoms with Crippen LogP contribution in [0.2, 0.25) is 0 Å². The summed E-state index contributed by atoms with van der Waals surface area (Å²) >= 11 is 0.559. The van der Waals surface area contributed by atoms with Crippen molar-refractivity contribution in [2.45, 2.75) is 13.8 Å². The summed E-state index contributed by atoms with van der Waals surface area (Å²) in [4.78, 5) is 36.5. The van der Waals surface area contributed by atoms with E-state index in [1.54, 1.807) is 0 Å². The van der Waals surface area contributed by atoms with Crippen LogP contribution in [0.4, 0.5) is 22.6 Å². The molecule has 0 fully saturated rings. The van der Waals surface area contributed by atoms with Gasteiger partial charge in [0.1, 0.15) is 15.4 Å². The quantitative estimate of drug-likeness (QED) is 0.410. The van der Waals surface area contributed by atoms with Crippen LogP contribution in [-0.4, -0.2) is 38.7 Å². The molecule has 162 valence electrons. The smallest absolute Gasteiger partial charge is 0.348 e. The second-order valence-corrected chi connectivity index (χ2v) is 6.61. The summed E-state index contributed by atoms with van der Waals surface area (Å²) in [5.74, 6) is -12.5. The molecule has 12 heteroatoms. The maximum atomic E-state index is 14.2. The third-order valence-electron chi connectivity index (χ3n) is 3.88. The summed E-state index contributed by atoms with van der Waals surface area (Å²) in [6, 6.07) is 0. The summed E-state index contributed by atoms with van der Waals surface area (Å²) in [6.45, 7) is 2.82. The molecule has 0 saturated carbocycles. The molecular formula is C18H15F4NO6S. The molecule has 1 aromatic carbocycles. The standard InChI is InChI=1S/C18H15F4NO6S/c1-5-29-17(25)7-6(2)14(18(26)28-4)30-16(7)23-15(24)8-9(19)11(21)13(27-3)12(22)10(8)20/h5H2,1-4H3,(H,23,24). The normalized spacial score (nSPS) is 10.5. The Kier molecular flexibility index (Phi) is 7.03. The molecule has 0 atom stereocenters. The van der Waals surface area contributed by atoms with Gasteiger partial charge in [-0.25, -0.2) is 18.4 Å². The minimum atomic E-state index is -2.00. The lowest BCUT2D eigenvalue weighted by Gasteiger charge is -2.11. The topological polar surface area (TPSA) is 90.9 Å². The van der Waals surface area contributed by atoms with Crippen LogP contribution >= 0.6 is 11.3 Å². The molecule has 2 aromatic rings. The first kappa shape index (κ1) is 23.1. The van der Waals surface area contributed by atoms with Crippen LogP contribution in [-0.2, 0) is 9.47 Å². The van der Waals surface area contributed by atoms with Gasteiger partial charge in [0.2, 0.25) is 11.6 Å². The second kappa shape index (κ2) is 9.11. The van der Waals surface area contributed by atoms with E-state index in [2.05, 4.69) is 9.47 Å². The van der Waals surface area contributed by atoms with Crippen molar-refractivity contribution in [1.82, 2.24) is 0 Å². The second-order valence-electron chi connectivity index (χ2n) is 5.59. The van der Waals surface area contributed by atoms with Crippen molar-refractivity contribution in [2.75, 3.05) is 26.1 Å². The van der Waals surface area contributed by atoms with Gasteiger partial charge in [-0.2, -0.15) is 8.78 Å². The Morgan fingerprint density at radius 2 is 1.50 bits per heavy atom. The van der Waals surface area contributed by atoms with Gasteiger partial charge in [0, 0.05) is 0 Å². The van der Waals surface area contributed by atoms with Gasteiger partial charge in [-0.05, 0) is 19.4 Å². The number of anilines is 1. The third kappa shape index (κ3) is 3.95. The van der Waals surface area contributed by atoms with Crippen molar-refractivity contribution >= 4 is 34.2 Å². The molecule has 0 radical (unpaired) electrons. The number of ether oxygens (including phenoxy) is 3. The van der Waals surface area contributed by atoms with E-state index in [-0.39, 0.29) is 27.6 Å². The van der Waals surface area contributed by atoms with Gasteiger partial charge >= 0.3 is 11.9 Å². The molecular weight excluding hydrogens is 434 g/mol. The highest BCUT2D eigenvalue weighted by Gasteiger charge is 2.32. The van der Waals surface area contributed by atoms with Gasteiger partial charge in [-0.1, -0.05) is 0 Å². The number of hydrogen-bond acceptors (Lipinski definition) is 7. The zero-order chi connectivity index (χ0) is 22.7. The van der Waals surface area contributed by atoms with Crippen molar-refractivity contribution in [2.24, 2.45) is 0 Å². The number of thiophene rings is 1. The maximum Gasteiger partial charge on any atom is 0.348 e. The first-order valence-corrected chi connectivity index (χ1v) is 9.02. The van der Waals surface area contributed by atoms with E-state index >= 15 is 0 Å². The number of hydrogen-bond donors (Lipinski definition) is 1. The van der Waals surface area contributed by atoms with Crippen molar-refractivity contribution in [3.63, 3.8) is 0 Å². The van der Waals surface area contributed by atoms with Crippen LogP contribution in [0, 0.1) is 30.2 Å². The Hall–Kier alpha value is -3.15. The molecule has 0 unspecified atom stereocenters. The molecule has 0 spiro atoms. The fourth-order valence-corrected chi connectivity index (χ4v) is 3.60. The van der Waals surface area contributed by atoms with Crippen molar-refractivity contribution < 1.29 is 46.2 Å². The van der Waals surface area contributed by atoms with Crippen LogP contribution < -0.4 is 10.1 Å². The number of amides is 1. The summed E-state index contributed by atoms with van der Waals surface area (Å²) in [5.41, 5.74) is -1.77. The number of halogens is 4. The molecule has 1 N–H and O–H groups in total. The number of carbonyl (C=O) groups excluding carboxylic acids is 3. The zero-order valence-corrected chi connectivity index (χ0v) is 16.9. The average molecular weight is 449 g/mol. The highest BCUT2D eigenvalue weighted by atomic mass is 32.1. The lowest BCUT2D eigenvalue weighted by molar-refractivity contribution is 0.0527. The highest BCUT2D eigenvalue weighted by molar-refractivity contribution is 7.18. The molecule has 2 rings (SSSR count). The Morgan fingerprint density at radius 3 is 1.97 bits per heavy atom. The van der Waals surface area contributed by atoms with Crippen LogP contribution in [0.25, 0.3) is 0 Å². The van der Waals surface area contributed by atoms with Crippen molar-refractivity contribution in [1.29, 1.82) is 0 Å². The maximum absolute atomic E-state index is 14.2. The van der Waals surface area contributed by atoms with Gasteiger partial charge in [0.05, 0.1) is 26.4 Å². The van der Waals surface area contributed by atoms with E-state index in [4.69, 9.17) is 4.74 Å². The molecule has 1 amide bonds. The lowest BCUT2D eigenvalue weighted by Crippen LogP contribution is -2.20. The zero-order valence-electron chi connectivity index (χ0n) is 16.1. The predicted molar refractivity (Wildman–Crippen MR) is 97.1 cm³/mol. The average Bonchev–Trinajstić information content (AvgIpc) is 3.02. The highest BCUT2D eigenvalue weighted by Crippen LogP contribution is 2.36. The summed E-state index contributed by atoms with van der Waals surface area (Å²) < 4.78 is 69.9. The van der Waals surface area contributed by atoms with E-state index in [0.717, 1.165) is 14.2 Å². The fraction of sp³-hybridized carbons (Fsp3) is 0.278. The first-order valence-electron chi connectivity index (χ1n) is 8.20. The lowest BCUT2D eigenvalue weighted by atomic mass is 10.1. The number of carbonyl (C=O) groups is 3. The van der Waals surface area contributed by atoms with E-state index in [1.165, 1.54) is 13.8 Å². The molecule has 0 saturated heterocycles. The molecule has 0 aliphatic carbocycles. The van der Waals surface area contributed by atoms with E-state index < -0.39 is 52.4 Å². The molecule has 30 heavy (non-hydrogen) atoms. The number of rotatable bonds is 6. The molecule has 1 heterocycles. The van der Waals surface area contributed by atoms with Gasteiger partial charge in [0.15, 0.2) is 17.4 Å². The summed E-state index contributed by atoms with van der Waals surface area (Å²) in [6.07, 6.45) is 0. The number of esters is 2. The Morgan fingerprint density at radius 1 is 0.933 bits per heavy atom. The minimum absolute atomic E-state index is 0.0484. The Bertz CT molecular complexity index is 1010. The number of nitrogens with one attached hydrogen (secondary N) is 1. The summed E-state index contributed by atoms with van der Waals surface area (Å²) in [7, 11) is 1.87. The summed E-state index contributed by atoms with van der Waals surface area (Å²) in [5, 5.41) is 1.67. The third-order valence-corrected chi connectivity index (χ3v) is 5.07. The minimum Gasteiger partial charge on any atom is -0.491 e. The van der Waals surface area contributed by atoms with Crippen molar-refractivity contribution in [3.05, 3.63) is 44.8 Å². The van der Waals surface area contributed by atoms with Crippen LogP contribution in [0.1, 0.15) is 42.9 Å². The predicted octanol–water partition coefficient (Wildman–Crippen LogP) is 3.84. The van der Waals surface area contributed by atoms with E-state index in [9.17, 15) is 31.9 Å². The van der Waals surface area contributed by atoms with Gasteiger partial charge in [-0.15, -0.1) is 11.3 Å². The molecule has 0 aliphatic heterocycles. The molecule has 1 aromatic heterocycles. The van der Waals surface area contributed by atoms with Gasteiger partial charge < -0.3 is 19.5 Å². The largest absolute Gasteiger partial charge is 0.491 e. The van der Waals surface area contributed by atoms with Gasteiger partial charge in [0.25, 0.3) is 5.91 Å². The Balaban J connectivity index is 2.59. The SMILES string of the molecule is CCOC(=O)c1c(NC(=O)c2c(F)c(F)c(OC)c(F)c2F)sc(C(=O)OC)c1C.